The molecule has 7 nitrogen and oxygen atoms in total. The number of allylic oxidation sites excluding steroid dienone is 2. The number of benzene rings is 3. The molecular formula is C34H36N4O3. The highest BCUT2D eigenvalue weighted by molar-refractivity contribution is 5.94. The van der Waals surface area contributed by atoms with E-state index in [1.807, 2.05) is 28.6 Å². The van der Waals surface area contributed by atoms with Gasteiger partial charge in [-0.05, 0) is 91.1 Å². The van der Waals surface area contributed by atoms with Crippen LogP contribution < -0.4 is 0 Å². The number of ether oxygens (including phenoxy) is 1. The molecule has 0 saturated heterocycles. The van der Waals surface area contributed by atoms with Gasteiger partial charge in [0.2, 0.25) is 0 Å². The zero-order chi connectivity index (χ0) is 28.3. The largest absolute Gasteiger partial charge is 0.466 e. The van der Waals surface area contributed by atoms with Gasteiger partial charge in [0.25, 0.3) is 5.91 Å². The van der Waals surface area contributed by atoms with Gasteiger partial charge in [-0.15, -0.1) is 5.10 Å². The molecule has 0 aliphatic carbocycles. The Morgan fingerprint density at radius 3 is 2.63 bits per heavy atom. The maximum Gasteiger partial charge on any atom is 0.306 e. The predicted octanol–water partition coefficient (Wildman–Crippen LogP) is 5.92. The predicted molar refractivity (Wildman–Crippen MR) is 159 cm³/mol. The number of carbonyl (C=O) groups is 2. The summed E-state index contributed by atoms with van der Waals surface area (Å²) >= 11 is 0. The highest BCUT2D eigenvalue weighted by Crippen LogP contribution is 2.35. The summed E-state index contributed by atoms with van der Waals surface area (Å²) in [7, 11) is 0. The van der Waals surface area contributed by atoms with Gasteiger partial charge in [-0.3, -0.25) is 9.59 Å². The first kappa shape index (κ1) is 26.9. The van der Waals surface area contributed by atoms with Gasteiger partial charge >= 0.3 is 5.97 Å². The summed E-state index contributed by atoms with van der Waals surface area (Å²) in [5, 5.41) is 9.02. The van der Waals surface area contributed by atoms with E-state index in [1.165, 1.54) is 11.1 Å². The Morgan fingerprint density at radius 2 is 1.80 bits per heavy atom. The van der Waals surface area contributed by atoms with E-state index in [9.17, 15) is 9.59 Å². The van der Waals surface area contributed by atoms with Crippen LogP contribution in [0.4, 0.5) is 0 Å². The Bertz CT molecular complexity index is 1620. The highest BCUT2D eigenvalue weighted by Gasteiger charge is 2.26. The Kier molecular flexibility index (Phi) is 7.68. The minimum Gasteiger partial charge on any atom is -0.466 e. The topological polar surface area (TPSA) is 77.3 Å². The molecule has 4 aromatic rings. The molecule has 9 bridgehead atoms. The van der Waals surface area contributed by atoms with Crippen LogP contribution in [0.3, 0.4) is 0 Å². The van der Waals surface area contributed by atoms with Crippen molar-refractivity contribution in [2.75, 3.05) is 13.2 Å². The summed E-state index contributed by atoms with van der Waals surface area (Å²) in [5.74, 6) is -0.373. The van der Waals surface area contributed by atoms with Crippen LogP contribution >= 0.6 is 0 Å². The zero-order valence-electron chi connectivity index (χ0n) is 23.8. The Labute approximate surface area is 240 Å². The third kappa shape index (κ3) is 5.53. The summed E-state index contributed by atoms with van der Waals surface area (Å²) in [6, 6.07) is 18.7. The summed E-state index contributed by atoms with van der Waals surface area (Å²) in [5.41, 5.74) is 9.30. The molecule has 0 saturated carbocycles. The second-order valence-corrected chi connectivity index (χ2v) is 11.0. The van der Waals surface area contributed by atoms with Crippen molar-refractivity contribution in [2.24, 2.45) is 0 Å². The summed E-state index contributed by atoms with van der Waals surface area (Å²) < 4.78 is 7.36. The number of nitrogens with zero attached hydrogens (tertiary/aromatic N) is 4. The smallest absolute Gasteiger partial charge is 0.306 e. The molecule has 7 heteroatoms. The molecule has 5 aliphatic heterocycles. The number of rotatable bonds is 3. The lowest BCUT2D eigenvalue weighted by atomic mass is 9.83. The fourth-order valence-electron chi connectivity index (χ4n) is 6.17. The monoisotopic (exact) mass is 548 g/mol. The number of amides is 1. The number of hydrogen-bond acceptors (Lipinski definition) is 5. The molecule has 210 valence electrons. The lowest BCUT2D eigenvalue weighted by molar-refractivity contribution is -0.143. The van der Waals surface area contributed by atoms with E-state index in [-0.39, 0.29) is 24.2 Å². The standard InChI is InChI=1S/C34H36N4O3/c1-3-41-32(39)21-30-27-14-13-25-17-19-37(22-28(25)20-27)34(40)26-11-9-24(10-12-26)8-6-4-5-7-18-38-31-16-15-29(30)23(2)33(31)35-36-38/h4-5,9-16,20,30H,3,6-8,17-19,21-22H2,1-2H3/b5-4-. The molecule has 0 radical (unpaired) electrons. The number of aromatic nitrogens is 3. The minimum atomic E-state index is -0.230. The third-order valence-corrected chi connectivity index (χ3v) is 8.44. The first-order valence-corrected chi connectivity index (χ1v) is 14.6. The normalized spacial score (nSPS) is 18.0. The van der Waals surface area contributed by atoms with Crippen molar-refractivity contribution in [2.45, 2.75) is 65.0 Å². The van der Waals surface area contributed by atoms with E-state index in [2.05, 4.69) is 71.9 Å². The molecule has 0 fully saturated rings. The van der Waals surface area contributed by atoms with Crippen molar-refractivity contribution in [3.05, 3.63) is 106 Å². The lowest BCUT2D eigenvalue weighted by Gasteiger charge is -2.30. The maximum atomic E-state index is 13.5. The van der Waals surface area contributed by atoms with Gasteiger partial charge in [0.1, 0.15) is 5.52 Å². The molecule has 41 heavy (non-hydrogen) atoms. The van der Waals surface area contributed by atoms with Gasteiger partial charge in [-0.2, -0.15) is 0 Å². The van der Waals surface area contributed by atoms with Gasteiger partial charge in [0, 0.05) is 31.1 Å². The van der Waals surface area contributed by atoms with Crippen LogP contribution in [0.15, 0.2) is 66.7 Å². The molecule has 1 aromatic heterocycles. The summed E-state index contributed by atoms with van der Waals surface area (Å²) in [6.07, 6.45) is 8.20. The first-order chi connectivity index (χ1) is 20.0. The van der Waals surface area contributed by atoms with Crippen LogP contribution in [0, 0.1) is 6.92 Å². The van der Waals surface area contributed by atoms with E-state index in [0.29, 0.717) is 19.7 Å². The molecule has 1 unspecified atom stereocenters. The SMILES string of the molecule is CCOC(=O)CC1c2ccc3c(c2)CN(CC3)C(=O)c2ccc(cc2)CC/C=C\CCn2nnc3c(C)c1ccc32. The van der Waals surface area contributed by atoms with Crippen LogP contribution in [0.5, 0.6) is 0 Å². The van der Waals surface area contributed by atoms with Crippen LogP contribution in [-0.4, -0.2) is 44.9 Å². The van der Waals surface area contributed by atoms with Crippen LogP contribution in [-0.2, 0) is 35.5 Å². The highest BCUT2D eigenvalue weighted by atomic mass is 16.5. The molecule has 0 spiro atoms. The maximum absolute atomic E-state index is 13.5. The summed E-state index contributed by atoms with van der Waals surface area (Å²) in [4.78, 5) is 28.2. The van der Waals surface area contributed by atoms with Crippen molar-refractivity contribution in [3.8, 4) is 0 Å². The lowest BCUT2D eigenvalue weighted by Crippen LogP contribution is -2.36. The quantitative estimate of drug-likeness (QED) is 0.235. The summed E-state index contributed by atoms with van der Waals surface area (Å²) in [6.45, 7) is 6.22. The zero-order valence-corrected chi connectivity index (χ0v) is 23.8. The van der Waals surface area contributed by atoms with Crippen molar-refractivity contribution < 1.29 is 14.3 Å². The van der Waals surface area contributed by atoms with E-state index < -0.39 is 0 Å². The number of esters is 1. The van der Waals surface area contributed by atoms with Crippen molar-refractivity contribution >= 4 is 22.9 Å². The second kappa shape index (κ2) is 11.7. The van der Waals surface area contributed by atoms with E-state index in [4.69, 9.17) is 4.74 Å². The molecular weight excluding hydrogens is 512 g/mol. The minimum absolute atomic E-state index is 0.0575. The fraction of sp³-hybridized carbons (Fsp3) is 0.353. The Balaban J connectivity index is 1.43. The van der Waals surface area contributed by atoms with Gasteiger partial charge in [-0.1, -0.05) is 53.8 Å². The Morgan fingerprint density at radius 1 is 0.976 bits per heavy atom. The third-order valence-electron chi connectivity index (χ3n) is 8.44. The average molecular weight is 549 g/mol. The number of hydrogen-bond donors (Lipinski definition) is 0. The molecule has 9 rings (SSSR count). The molecule has 5 aliphatic rings. The van der Waals surface area contributed by atoms with E-state index >= 15 is 0 Å². The molecule has 1 amide bonds. The number of aryl methyl sites for hydroxylation is 3. The van der Waals surface area contributed by atoms with Gasteiger partial charge in [-0.25, -0.2) is 4.68 Å². The van der Waals surface area contributed by atoms with Gasteiger partial charge in [0.05, 0.1) is 18.5 Å². The molecule has 0 N–H and O–H groups in total. The average Bonchev–Trinajstić information content (AvgIpc) is 3.41. The van der Waals surface area contributed by atoms with Crippen molar-refractivity contribution in [1.29, 1.82) is 0 Å². The molecule has 6 heterocycles. The fourth-order valence-corrected chi connectivity index (χ4v) is 6.17. The molecule has 1 atom stereocenters. The second-order valence-electron chi connectivity index (χ2n) is 11.0. The van der Waals surface area contributed by atoms with Crippen LogP contribution in [0.2, 0.25) is 0 Å². The number of carbonyl (C=O) groups excluding carboxylic acids is 2. The van der Waals surface area contributed by atoms with E-state index in [1.54, 1.807) is 0 Å². The van der Waals surface area contributed by atoms with Crippen LogP contribution in [0.1, 0.15) is 75.8 Å². The van der Waals surface area contributed by atoms with Crippen molar-refractivity contribution in [1.82, 2.24) is 19.9 Å². The molecule has 3 aromatic carbocycles. The van der Waals surface area contributed by atoms with Crippen molar-refractivity contribution in [3.63, 3.8) is 0 Å². The van der Waals surface area contributed by atoms with Gasteiger partial charge in [0.15, 0.2) is 0 Å². The van der Waals surface area contributed by atoms with Gasteiger partial charge < -0.3 is 9.64 Å². The first-order valence-electron chi connectivity index (χ1n) is 14.6. The van der Waals surface area contributed by atoms with Crippen LogP contribution in [0.25, 0.3) is 11.0 Å². The Hall–Kier alpha value is -4.26. The van der Waals surface area contributed by atoms with E-state index in [0.717, 1.165) is 71.1 Å².